The van der Waals surface area contributed by atoms with Crippen LogP contribution in [-0.2, 0) is 10.0 Å². The van der Waals surface area contributed by atoms with Gasteiger partial charge in [-0.1, -0.05) is 15.9 Å². The van der Waals surface area contributed by atoms with Gasteiger partial charge in [0.1, 0.15) is 10.6 Å². The van der Waals surface area contributed by atoms with Crippen LogP contribution < -0.4 is 9.46 Å². The highest BCUT2D eigenvalue weighted by Crippen LogP contribution is 2.32. The molecule has 0 spiro atoms. The van der Waals surface area contributed by atoms with Gasteiger partial charge in [0.05, 0.1) is 17.3 Å². The van der Waals surface area contributed by atoms with E-state index in [1.807, 2.05) is 38.3 Å². The Hall–Kier alpha value is -1.90. The van der Waals surface area contributed by atoms with Crippen LogP contribution in [0.1, 0.15) is 17.5 Å². The Bertz CT molecular complexity index is 1080. The predicted molar refractivity (Wildman–Crippen MR) is 113 cm³/mol. The first kappa shape index (κ1) is 19.9. The van der Waals surface area contributed by atoms with Gasteiger partial charge in [0.15, 0.2) is 0 Å². The molecule has 0 aliphatic carbocycles. The first-order chi connectivity index (χ1) is 12.8. The molecule has 8 heteroatoms. The molecule has 0 fully saturated rings. The molecular formula is C19H19BrN2O3S2. The van der Waals surface area contributed by atoms with Crippen LogP contribution in [0.15, 0.2) is 51.1 Å². The minimum atomic E-state index is -3.83. The highest BCUT2D eigenvalue weighted by Gasteiger charge is 2.22. The molecule has 0 aliphatic heterocycles. The summed E-state index contributed by atoms with van der Waals surface area (Å²) in [5, 5.41) is 2.83. The summed E-state index contributed by atoms with van der Waals surface area (Å²) < 4.78 is 35.2. The fourth-order valence-corrected chi connectivity index (χ4v) is 4.66. The number of anilines is 1. The van der Waals surface area contributed by atoms with Gasteiger partial charge in [-0.3, -0.25) is 4.72 Å². The summed E-state index contributed by atoms with van der Waals surface area (Å²) in [5.41, 5.74) is 2.91. The second-order valence-electron chi connectivity index (χ2n) is 5.92. The third kappa shape index (κ3) is 4.51. The standard InChI is InChI=1S/C19H19BrN2O3S2/c1-4-25-18-8-5-14(17-11-26-13(3)21-17)10-19(18)27(23,24)22-15-6-7-16(20)12(2)9-15/h5-11,22H,4H2,1-3H3. The van der Waals surface area contributed by atoms with Crippen molar-refractivity contribution in [3.8, 4) is 17.0 Å². The van der Waals surface area contributed by atoms with E-state index in [1.165, 1.54) is 11.3 Å². The van der Waals surface area contributed by atoms with Gasteiger partial charge >= 0.3 is 0 Å². The number of halogens is 1. The lowest BCUT2D eigenvalue weighted by atomic mass is 10.2. The number of aryl methyl sites for hydroxylation is 2. The number of sulfonamides is 1. The lowest BCUT2D eigenvalue weighted by molar-refractivity contribution is 0.331. The first-order valence-corrected chi connectivity index (χ1v) is 11.4. The van der Waals surface area contributed by atoms with Crippen molar-refractivity contribution in [2.45, 2.75) is 25.7 Å². The van der Waals surface area contributed by atoms with E-state index in [2.05, 4.69) is 25.6 Å². The first-order valence-electron chi connectivity index (χ1n) is 8.28. The summed E-state index contributed by atoms with van der Waals surface area (Å²) >= 11 is 4.94. The largest absolute Gasteiger partial charge is 0.492 e. The third-order valence-corrected chi connectivity index (χ3v) is 6.92. The van der Waals surface area contributed by atoms with Crippen molar-refractivity contribution >= 4 is 43.0 Å². The Morgan fingerprint density at radius 2 is 1.96 bits per heavy atom. The van der Waals surface area contributed by atoms with Gasteiger partial charge in [-0.15, -0.1) is 11.3 Å². The Labute approximate surface area is 171 Å². The zero-order valence-electron chi connectivity index (χ0n) is 15.1. The van der Waals surface area contributed by atoms with Gasteiger partial charge in [-0.2, -0.15) is 0 Å². The normalized spacial score (nSPS) is 11.4. The number of ether oxygens (including phenoxy) is 1. The Morgan fingerprint density at radius 1 is 1.19 bits per heavy atom. The van der Waals surface area contributed by atoms with Gasteiger partial charge in [0, 0.05) is 21.1 Å². The summed E-state index contributed by atoms with van der Waals surface area (Å²) in [4.78, 5) is 4.53. The number of hydrogen-bond acceptors (Lipinski definition) is 5. The molecule has 0 saturated heterocycles. The van der Waals surface area contributed by atoms with Gasteiger partial charge in [0.25, 0.3) is 10.0 Å². The van der Waals surface area contributed by atoms with E-state index in [1.54, 1.807) is 24.3 Å². The van der Waals surface area contributed by atoms with E-state index in [0.29, 0.717) is 18.0 Å². The van der Waals surface area contributed by atoms with Crippen LogP contribution in [0.3, 0.4) is 0 Å². The van der Waals surface area contributed by atoms with Crippen molar-refractivity contribution in [1.82, 2.24) is 4.98 Å². The molecule has 0 bridgehead atoms. The van der Waals surface area contributed by atoms with Gasteiger partial charge in [0.2, 0.25) is 0 Å². The van der Waals surface area contributed by atoms with Crippen LogP contribution in [0.4, 0.5) is 5.69 Å². The van der Waals surface area contributed by atoms with Crippen molar-refractivity contribution in [2.24, 2.45) is 0 Å². The molecule has 0 radical (unpaired) electrons. The maximum absolute atomic E-state index is 13.1. The molecule has 0 atom stereocenters. The number of aromatic nitrogens is 1. The van der Waals surface area contributed by atoms with Crippen molar-refractivity contribution in [1.29, 1.82) is 0 Å². The maximum Gasteiger partial charge on any atom is 0.265 e. The topological polar surface area (TPSA) is 68.3 Å². The Balaban J connectivity index is 2.04. The summed E-state index contributed by atoms with van der Waals surface area (Å²) in [5.74, 6) is 0.314. The fourth-order valence-electron chi connectivity index (χ4n) is 2.57. The Kier molecular flexibility index (Phi) is 5.88. The van der Waals surface area contributed by atoms with Crippen LogP contribution in [0, 0.1) is 13.8 Å². The second kappa shape index (κ2) is 8.00. The summed E-state index contributed by atoms with van der Waals surface area (Å²) in [6.07, 6.45) is 0. The molecule has 2 aromatic carbocycles. The van der Waals surface area contributed by atoms with Crippen LogP contribution in [0.25, 0.3) is 11.3 Å². The zero-order valence-corrected chi connectivity index (χ0v) is 18.3. The molecule has 3 rings (SSSR count). The average Bonchev–Trinajstić information content (AvgIpc) is 3.05. The summed E-state index contributed by atoms with van der Waals surface area (Å²) in [7, 11) is -3.83. The van der Waals surface area contributed by atoms with Crippen LogP contribution >= 0.6 is 27.3 Å². The molecule has 0 aliphatic rings. The quantitative estimate of drug-likeness (QED) is 0.528. The predicted octanol–water partition coefficient (Wildman–Crippen LogP) is 5.39. The molecule has 1 heterocycles. The van der Waals surface area contributed by atoms with Crippen molar-refractivity contribution < 1.29 is 13.2 Å². The number of rotatable bonds is 6. The molecule has 0 saturated carbocycles. The summed E-state index contributed by atoms with van der Waals surface area (Å²) in [6, 6.07) is 10.4. The highest BCUT2D eigenvalue weighted by atomic mass is 79.9. The van der Waals surface area contributed by atoms with Gasteiger partial charge < -0.3 is 4.74 Å². The molecule has 3 aromatic rings. The van der Waals surface area contributed by atoms with E-state index in [0.717, 1.165) is 26.3 Å². The second-order valence-corrected chi connectivity index (χ2v) is 9.48. The lowest BCUT2D eigenvalue weighted by Crippen LogP contribution is -2.15. The van der Waals surface area contributed by atoms with Crippen LogP contribution in [-0.4, -0.2) is 20.0 Å². The van der Waals surface area contributed by atoms with Gasteiger partial charge in [-0.25, -0.2) is 13.4 Å². The van der Waals surface area contributed by atoms with E-state index in [4.69, 9.17) is 4.74 Å². The van der Waals surface area contributed by atoms with Gasteiger partial charge in [-0.05, 0) is 62.7 Å². The number of nitrogens with zero attached hydrogens (tertiary/aromatic N) is 1. The maximum atomic E-state index is 13.1. The minimum Gasteiger partial charge on any atom is -0.492 e. The summed E-state index contributed by atoms with van der Waals surface area (Å²) in [6.45, 7) is 6.01. The molecule has 0 unspecified atom stereocenters. The van der Waals surface area contributed by atoms with E-state index >= 15 is 0 Å². The third-order valence-electron chi connectivity index (χ3n) is 3.86. The van der Waals surface area contributed by atoms with Crippen LogP contribution in [0.5, 0.6) is 5.75 Å². The van der Waals surface area contributed by atoms with E-state index in [9.17, 15) is 8.42 Å². The molecule has 0 amide bonds. The number of benzene rings is 2. The van der Waals surface area contributed by atoms with Crippen LogP contribution in [0.2, 0.25) is 0 Å². The van der Waals surface area contributed by atoms with E-state index < -0.39 is 10.0 Å². The molecule has 1 N–H and O–H groups in total. The molecule has 142 valence electrons. The van der Waals surface area contributed by atoms with Crippen molar-refractivity contribution in [2.75, 3.05) is 11.3 Å². The molecule has 5 nitrogen and oxygen atoms in total. The SMILES string of the molecule is CCOc1ccc(-c2csc(C)n2)cc1S(=O)(=O)Nc1ccc(Br)c(C)c1. The monoisotopic (exact) mass is 466 g/mol. The number of hydrogen-bond donors (Lipinski definition) is 1. The Morgan fingerprint density at radius 3 is 2.59 bits per heavy atom. The molecular weight excluding hydrogens is 448 g/mol. The van der Waals surface area contributed by atoms with Crippen molar-refractivity contribution in [3.63, 3.8) is 0 Å². The number of thiazole rings is 1. The highest BCUT2D eigenvalue weighted by molar-refractivity contribution is 9.10. The average molecular weight is 467 g/mol. The smallest absolute Gasteiger partial charge is 0.265 e. The van der Waals surface area contributed by atoms with Crippen molar-refractivity contribution in [3.05, 3.63) is 56.8 Å². The molecule has 27 heavy (non-hydrogen) atoms. The fraction of sp³-hybridized carbons (Fsp3) is 0.211. The minimum absolute atomic E-state index is 0.0908. The van der Waals surface area contributed by atoms with E-state index in [-0.39, 0.29) is 4.90 Å². The molecule has 1 aromatic heterocycles. The number of nitrogens with one attached hydrogen (secondary N) is 1. The lowest BCUT2D eigenvalue weighted by Gasteiger charge is -2.14. The zero-order chi connectivity index (χ0) is 19.6.